The maximum absolute atomic E-state index is 11.7. The van der Waals surface area contributed by atoms with Crippen molar-refractivity contribution >= 4 is 5.97 Å². The Kier molecular flexibility index (Phi) is 4.91. The number of esters is 1. The molecule has 1 aliphatic rings. The van der Waals surface area contributed by atoms with Gasteiger partial charge in [0.2, 0.25) is 0 Å². The number of hydrogen-bond donors (Lipinski definition) is 1. The minimum Gasteiger partial charge on any atom is -0.465 e. The first-order valence-electron chi connectivity index (χ1n) is 6.98. The van der Waals surface area contributed by atoms with Crippen LogP contribution < -0.4 is 5.32 Å². The zero-order valence-electron chi connectivity index (χ0n) is 11.7. The lowest BCUT2D eigenvalue weighted by Gasteiger charge is -2.29. The van der Waals surface area contributed by atoms with Crippen LogP contribution in [0.2, 0.25) is 0 Å². The molecule has 1 fully saturated rings. The van der Waals surface area contributed by atoms with E-state index in [0.717, 1.165) is 5.69 Å². The molecule has 0 saturated heterocycles. The maximum atomic E-state index is 11.7. The summed E-state index contributed by atoms with van der Waals surface area (Å²) in [6.07, 6.45) is 6.82. The molecule has 0 aromatic carbocycles. The van der Waals surface area contributed by atoms with Gasteiger partial charge in [0.15, 0.2) is 0 Å². The molecular formula is C15H22N2O2. The standard InChI is InChI=1S/C15H22N2O2/c1-11-6-3-4-8-13(11)17-10-14-12(15(18)19-2)7-5-9-16-14/h5,7,9,11,13,17H,3-4,6,8,10H2,1-2H3. The van der Waals surface area contributed by atoms with Crippen molar-refractivity contribution < 1.29 is 9.53 Å². The van der Waals surface area contributed by atoms with Crippen molar-refractivity contribution in [1.29, 1.82) is 0 Å². The minimum absolute atomic E-state index is 0.318. The Labute approximate surface area is 114 Å². The largest absolute Gasteiger partial charge is 0.465 e. The molecule has 1 heterocycles. The Morgan fingerprint density at radius 1 is 1.47 bits per heavy atom. The normalized spacial score (nSPS) is 23.1. The summed E-state index contributed by atoms with van der Waals surface area (Å²) in [5, 5.41) is 3.54. The van der Waals surface area contributed by atoms with Gasteiger partial charge >= 0.3 is 5.97 Å². The van der Waals surface area contributed by atoms with Crippen molar-refractivity contribution in [3.05, 3.63) is 29.6 Å². The molecule has 0 spiro atoms. The van der Waals surface area contributed by atoms with Crippen molar-refractivity contribution in [2.24, 2.45) is 5.92 Å². The van der Waals surface area contributed by atoms with Crippen LogP contribution in [0.3, 0.4) is 0 Å². The number of ether oxygens (including phenoxy) is 1. The van der Waals surface area contributed by atoms with Crippen LogP contribution in [0.25, 0.3) is 0 Å². The van der Waals surface area contributed by atoms with E-state index in [1.165, 1.54) is 32.8 Å². The van der Waals surface area contributed by atoms with Gasteiger partial charge in [-0.2, -0.15) is 0 Å². The maximum Gasteiger partial charge on any atom is 0.339 e. The molecule has 1 N–H and O–H groups in total. The number of nitrogens with zero attached hydrogens (tertiary/aromatic N) is 1. The van der Waals surface area contributed by atoms with E-state index in [4.69, 9.17) is 4.74 Å². The Hall–Kier alpha value is -1.42. The smallest absolute Gasteiger partial charge is 0.339 e. The summed E-state index contributed by atoms with van der Waals surface area (Å²) in [6.45, 7) is 2.91. The van der Waals surface area contributed by atoms with E-state index >= 15 is 0 Å². The van der Waals surface area contributed by atoms with Gasteiger partial charge in [-0.05, 0) is 30.9 Å². The predicted octanol–water partition coefficient (Wildman–Crippen LogP) is 2.54. The van der Waals surface area contributed by atoms with Gasteiger partial charge in [-0.3, -0.25) is 4.98 Å². The van der Waals surface area contributed by atoms with Crippen molar-refractivity contribution in [2.45, 2.75) is 45.2 Å². The summed E-state index contributed by atoms with van der Waals surface area (Å²) in [5.41, 5.74) is 1.33. The van der Waals surface area contributed by atoms with Gasteiger partial charge in [0.25, 0.3) is 0 Å². The number of nitrogens with one attached hydrogen (secondary N) is 1. The van der Waals surface area contributed by atoms with Crippen molar-refractivity contribution in [1.82, 2.24) is 10.3 Å². The first-order valence-corrected chi connectivity index (χ1v) is 6.98. The number of aromatic nitrogens is 1. The molecular weight excluding hydrogens is 240 g/mol. The molecule has 1 aromatic rings. The molecule has 2 rings (SSSR count). The molecule has 2 atom stereocenters. The second kappa shape index (κ2) is 6.66. The molecule has 4 heteroatoms. The van der Waals surface area contributed by atoms with Crippen LogP contribution in [-0.2, 0) is 11.3 Å². The molecule has 104 valence electrons. The first-order chi connectivity index (χ1) is 9.22. The number of carbonyl (C=O) groups excluding carboxylic acids is 1. The van der Waals surface area contributed by atoms with Crippen LogP contribution in [-0.4, -0.2) is 24.1 Å². The lowest BCUT2D eigenvalue weighted by Crippen LogP contribution is -2.37. The van der Waals surface area contributed by atoms with Gasteiger partial charge in [-0.1, -0.05) is 19.8 Å². The average Bonchev–Trinajstić information content (AvgIpc) is 2.46. The monoisotopic (exact) mass is 262 g/mol. The lowest BCUT2D eigenvalue weighted by atomic mass is 9.86. The summed E-state index contributed by atoms with van der Waals surface area (Å²) in [7, 11) is 1.40. The van der Waals surface area contributed by atoms with Crippen LogP contribution in [0, 0.1) is 5.92 Å². The molecule has 4 nitrogen and oxygen atoms in total. The van der Waals surface area contributed by atoms with E-state index < -0.39 is 0 Å². The van der Waals surface area contributed by atoms with Gasteiger partial charge in [-0.25, -0.2) is 4.79 Å². The van der Waals surface area contributed by atoms with Gasteiger partial charge < -0.3 is 10.1 Å². The van der Waals surface area contributed by atoms with Crippen LogP contribution in [0.1, 0.15) is 48.7 Å². The lowest BCUT2D eigenvalue weighted by molar-refractivity contribution is 0.0598. The SMILES string of the molecule is COC(=O)c1cccnc1CNC1CCCCC1C. The van der Waals surface area contributed by atoms with Gasteiger partial charge in [0.1, 0.15) is 0 Å². The third-order valence-electron chi connectivity index (χ3n) is 3.94. The molecule has 0 radical (unpaired) electrons. The molecule has 0 aliphatic heterocycles. The van der Waals surface area contributed by atoms with Crippen molar-refractivity contribution in [3.8, 4) is 0 Å². The summed E-state index contributed by atoms with van der Waals surface area (Å²) >= 11 is 0. The molecule has 0 amide bonds. The van der Waals surface area contributed by atoms with Crippen LogP contribution in [0.4, 0.5) is 0 Å². The average molecular weight is 262 g/mol. The van der Waals surface area contributed by atoms with Gasteiger partial charge in [0.05, 0.1) is 18.4 Å². The van der Waals surface area contributed by atoms with Crippen LogP contribution in [0.5, 0.6) is 0 Å². The third kappa shape index (κ3) is 3.53. The fourth-order valence-electron chi connectivity index (χ4n) is 2.72. The number of carbonyl (C=O) groups is 1. The van der Waals surface area contributed by atoms with E-state index in [9.17, 15) is 4.79 Å². The molecule has 2 unspecified atom stereocenters. The van der Waals surface area contributed by atoms with E-state index in [0.29, 0.717) is 24.1 Å². The van der Waals surface area contributed by atoms with Crippen LogP contribution >= 0.6 is 0 Å². The zero-order valence-corrected chi connectivity index (χ0v) is 11.7. The predicted molar refractivity (Wildman–Crippen MR) is 73.8 cm³/mol. The zero-order chi connectivity index (χ0) is 13.7. The first kappa shape index (κ1) is 14.0. The highest BCUT2D eigenvalue weighted by molar-refractivity contribution is 5.90. The third-order valence-corrected chi connectivity index (χ3v) is 3.94. The molecule has 19 heavy (non-hydrogen) atoms. The van der Waals surface area contributed by atoms with Crippen molar-refractivity contribution in [2.75, 3.05) is 7.11 Å². The minimum atomic E-state index is -0.318. The Balaban J connectivity index is 2.01. The number of methoxy groups -OCH3 is 1. The highest BCUT2D eigenvalue weighted by Crippen LogP contribution is 2.24. The fourth-order valence-corrected chi connectivity index (χ4v) is 2.72. The molecule has 0 bridgehead atoms. The van der Waals surface area contributed by atoms with E-state index in [2.05, 4.69) is 17.2 Å². The quantitative estimate of drug-likeness (QED) is 0.847. The molecule has 1 saturated carbocycles. The van der Waals surface area contributed by atoms with Crippen molar-refractivity contribution in [3.63, 3.8) is 0 Å². The van der Waals surface area contributed by atoms with Crippen LogP contribution in [0.15, 0.2) is 18.3 Å². The highest BCUT2D eigenvalue weighted by atomic mass is 16.5. The highest BCUT2D eigenvalue weighted by Gasteiger charge is 2.21. The summed E-state index contributed by atoms with van der Waals surface area (Å²) in [6, 6.07) is 4.06. The Morgan fingerprint density at radius 2 is 2.26 bits per heavy atom. The number of pyridine rings is 1. The van der Waals surface area contributed by atoms with E-state index in [1.54, 1.807) is 18.3 Å². The molecule has 1 aliphatic carbocycles. The van der Waals surface area contributed by atoms with Gasteiger partial charge in [-0.15, -0.1) is 0 Å². The van der Waals surface area contributed by atoms with Gasteiger partial charge in [0, 0.05) is 18.8 Å². The van der Waals surface area contributed by atoms with E-state index in [1.807, 2.05) is 0 Å². The summed E-state index contributed by atoms with van der Waals surface area (Å²) < 4.78 is 4.78. The Bertz CT molecular complexity index is 434. The second-order valence-corrected chi connectivity index (χ2v) is 5.24. The van der Waals surface area contributed by atoms with E-state index in [-0.39, 0.29) is 5.97 Å². The fraction of sp³-hybridized carbons (Fsp3) is 0.600. The number of hydrogen-bond acceptors (Lipinski definition) is 4. The summed E-state index contributed by atoms with van der Waals surface area (Å²) in [4.78, 5) is 16.0. The molecule has 1 aromatic heterocycles. The summed E-state index contributed by atoms with van der Waals surface area (Å²) in [5.74, 6) is 0.376. The Morgan fingerprint density at radius 3 is 3.00 bits per heavy atom. The topological polar surface area (TPSA) is 51.2 Å². The second-order valence-electron chi connectivity index (χ2n) is 5.24. The number of rotatable bonds is 4.